The Morgan fingerprint density at radius 1 is 1.39 bits per heavy atom. The normalized spacial score (nSPS) is 10.6. The first kappa shape index (κ1) is 12.4. The van der Waals surface area contributed by atoms with Gasteiger partial charge in [0.25, 0.3) is 5.91 Å². The topological polar surface area (TPSA) is 60.9 Å². The zero-order valence-electron chi connectivity index (χ0n) is 9.44. The van der Waals surface area contributed by atoms with Crippen LogP contribution in [0.5, 0.6) is 0 Å². The number of hydrogen-bond donors (Lipinski definition) is 1. The molecule has 0 radical (unpaired) electrons. The van der Waals surface area contributed by atoms with Crippen molar-refractivity contribution in [1.82, 2.24) is 9.55 Å². The lowest BCUT2D eigenvalue weighted by molar-refractivity contribution is 0.0953. The van der Waals surface area contributed by atoms with Gasteiger partial charge in [-0.3, -0.25) is 9.36 Å². The predicted molar refractivity (Wildman–Crippen MR) is 61.1 cm³/mol. The lowest BCUT2D eigenvalue weighted by Gasteiger charge is -2.06. The van der Waals surface area contributed by atoms with Crippen LogP contribution in [0, 0.1) is 11.6 Å². The highest BCUT2D eigenvalue weighted by Crippen LogP contribution is 2.12. The van der Waals surface area contributed by atoms with Crippen molar-refractivity contribution in [1.29, 1.82) is 0 Å². The third-order valence-electron chi connectivity index (χ3n) is 2.50. The average molecular weight is 251 g/mol. The molecule has 18 heavy (non-hydrogen) atoms. The number of benzene rings is 1. The molecule has 94 valence electrons. The fraction of sp³-hybridized carbons (Fsp3) is 0.167. The Labute approximate surface area is 102 Å². The summed E-state index contributed by atoms with van der Waals surface area (Å²) in [6.07, 6.45) is 3.23. The van der Waals surface area contributed by atoms with Gasteiger partial charge in [0.05, 0.1) is 5.56 Å². The van der Waals surface area contributed by atoms with Crippen molar-refractivity contribution in [3.8, 4) is 0 Å². The lowest BCUT2D eigenvalue weighted by Crippen LogP contribution is -2.17. The Balaban J connectivity index is 2.38. The summed E-state index contributed by atoms with van der Waals surface area (Å²) in [7, 11) is 0. The molecule has 0 unspecified atom stereocenters. The van der Waals surface area contributed by atoms with E-state index < -0.39 is 17.5 Å². The fourth-order valence-electron chi connectivity index (χ4n) is 1.63. The first-order chi connectivity index (χ1) is 8.63. The van der Waals surface area contributed by atoms with Gasteiger partial charge in [-0.25, -0.2) is 13.8 Å². The highest BCUT2D eigenvalue weighted by molar-refractivity contribution is 5.96. The molecule has 2 rings (SSSR count). The second-order valence-corrected chi connectivity index (χ2v) is 3.72. The quantitative estimate of drug-likeness (QED) is 0.895. The first-order valence-electron chi connectivity index (χ1n) is 5.34. The molecule has 0 aliphatic carbocycles. The van der Waals surface area contributed by atoms with E-state index in [-0.39, 0.29) is 5.56 Å². The Morgan fingerprint density at radius 2 is 2.17 bits per heavy atom. The number of halogens is 2. The Morgan fingerprint density at radius 3 is 2.83 bits per heavy atom. The summed E-state index contributed by atoms with van der Waals surface area (Å²) in [4.78, 5) is 15.9. The van der Waals surface area contributed by atoms with Crippen LogP contribution in [0.25, 0.3) is 0 Å². The Kier molecular flexibility index (Phi) is 3.47. The fourth-order valence-corrected chi connectivity index (χ4v) is 1.63. The average Bonchev–Trinajstić information content (AvgIpc) is 2.77. The van der Waals surface area contributed by atoms with E-state index in [1.807, 2.05) is 0 Å². The number of carbonyl (C=O) groups excluding carboxylic acids is 1. The van der Waals surface area contributed by atoms with Crippen LogP contribution in [-0.4, -0.2) is 22.0 Å². The summed E-state index contributed by atoms with van der Waals surface area (Å²) in [6, 6.07) is 2.82. The molecule has 0 bridgehead atoms. The summed E-state index contributed by atoms with van der Waals surface area (Å²) >= 11 is 0. The minimum atomic E-state index is -0.896. The zero-order chi connectivity index (χ0) is 13.1. The van der Waals surface area contributed by atoms with Crippen molar-refractivity contribution >= 4 is 5.91 Å². The van der Waals surface area contributed by atoms with Crippen molar-refractivity contribution in [2.45, 2.75) is 6.42 Å². The van der Waals surface area contributed by atoms with Gasteiger partial charge in [-0.2, -0.15) is 0 Å². The summed E-state index contributed by atoms with van der Waals surface area (Å²) in [5, 5.41) is 0. The highest BCUT2D eigenvalue weighted by Gasteiger charge is 2.16. The molecular weight excluding hydrogens is 240 g/mol. The van der Waals surface area contributed by atoms with Crippen LogP contribution in [0.3, 0.4) is 0 Å². The van der Waals surface area contributed by atoms with Crippen molar-refractivity contribution < 1.29 is 13.6 Å². The molecular formula is C12H11F2N3O. The van der Waals surface area contributed by atoms with Crippen molar-refractivity contribution in [2.75, 3.05) is 6.54 Å². The van der Waals surface area contributed by atoms with Crippen LogP contribution in [0.1, 0.15) is 16.1 Å². The third-order valence-corrected chi connectivity index (χ3v) is 2.50. The van der Waals surface area contributed by atoms with E-state index in [2.05, 4.69) is 4.98 Å². The molecule has 0 spiro atoms. The highest BCUT2D eigenvalue weighted by atomic mass is 19.1. The van der Waals surface area contributed by atoms with Crippen LogP contribution in [0.4, 0.5) is 8.78 Å². The number of nitrogens with two attached hydrogens (primary N) is 1. The van der Waals surface area contributed by atoms with Crippen LogP contribution in [0.2, 0.25) is 0 Å². The van der Waals surface area contributed by atoms with Gasteiger partial charge < -0.3 is 5.73 Å². The SMILES string of the molecule is NCCc1cncn1C(=O)c1ccc(F)cc1F. The second-order valence-electron chi connectivity index (χ2n) is 3.72. The number of hydrogen-bond acceptors (Lipinski definition) is 3. The van der Waals surface area contributed by atoms with Gasteiger partial charge in [0.15, 0.2) is 0 Å². The summed E-state index contributed by atoms with van der Waals surface area (Å²) in [5.74, 6) is -2.21. The maximum absolute atomic E-state index is 13.5. The van der Waals surface area contributed by atoms with Gasteiger partial charge in [0.1, 0.15) is 18.0 Å². The first-order valence-corrected chi connectivity index (χ1v) is 5.34. The molecule has 0 fully saturated rings. The molecule has 1 heterocycles. The molecule has 1 aromatic carbocycles. The third kappa shape index (κ3) is 2.28. The molecule has 0 atom stereocenters. The standard InChI is InChI=1S/C12H11F2N3O/c13-8-1-2-10(11(14)5-8)12(18)17-7-16-6-9(17)3-4-15/h1-2,5-7H,3-4,15H2. The van der Waals surface area contributed by atoms with Crippen LogP contribution < -0.4 is 5.73 Å². The van der Waals surface area contributed by atoms with Crippen LogP contribution >= 0.6 is 0 Å². The molecule has 0 saturated carbocycles. The molecule has 0 aliphatic rings. The molecule has 1 aromatic heterocycles. The van der Waals surface area contributed by atoms with E-state index >= 15 is 0 Å². The van der Waals surface area contributed by atoms with E-state index in [0.29, 0.717) is 24.7 Å². The minimum Gasteiger partial charge on any atom is -0.330 e. The van der Waals surface area contributed by atoms with Crippen molar-refractivity contribution in [2.24, 2.45) is 5.73 Å². The van der Waals surface area contributed by atoms with E-state index in [1.54, 1.807) is 0 Å². The number of carbonyl (C=O) groups is 1. The van der Waals surface area contributed by atoms with E-state index in [4.69, 9.17) is 5.73 Å². The summed E-state index contributed by atoms with van der Waals surface area (Å²) < 4.78 is 27.5. The van der Waals surface area contributed by atoms with Crippen LogP contribution in [0.15, 0.2) is 30.7 Å². The lowest BCUT2D eigenvalue weighted by atomic mass is 10.2. The number of nitrogens with zero attached hydrogens (tertiary/aromatic N) is 2. The van der Waals surface area contributed by atoms with Crippen molar-refractivity contribution in [3.63, 3.8) is 0 Å². The van der Waals surface area contributed by atoms with Crippen molar-refractivity contribution in [3.05, 3.63) is 53.6 Å². The zero-order valence-corrected chi connectivity index (χ0v) is 9.44. The molecule has 0 amide bonds. The molecule has 4 nitrogen and oxygen atoms in total. The monoisotopic (exact) mass is 251 g/mol. The number of rotatable bonds is 3. The van der Waals surface area contributed by atoms with E-state index in [9.17, 15) is 13.6 Å². The van der Waals surface area contributed by atoms with Gasteiger partial charge in [-0.05, 0) is 18.7 Å². The molecule has 6 heteroatoms. The molecule has 2 aromatic rings. The van der Waals surface area contributed by atoms with Crippen LogP contribution in [-0.2, 0) is 6.42 Å². The summed E-state index contributed by atoms with van der Waals surface area (Å²) in [6.45, 7) is 0.352. The van der Waals surface area contributed by atoms with Gasteiger partial charge in [0.2, 0.25) is 0 Å². The second kappa shape index (κ2) is 5.05. The predicted octanol–water partition coefficient (Wildman–Crippen LogP) is 1.35. The molecule has 0 saturated heterocycles. The minimum absolute atomic E-state index is 0.201. The maximum atomic E-state index is 13.5. The Bertz CT molecular complexity index is 580. The molecule has 2 N–H and O–H groups in total. The Hall–Kier alpha value is -2.08. The smallest absolute Gasteiger partial charge is 0.266 e. The van der Waals surface area contributed by atoms with E-state index in [1.165, 1.54) is 17.1 Å². The van der Waals surface area contributed by atoms with Gasteiger partial charge in [0, 0.05) is 24.4 Å². The van der Waals surface area contributed by atoms with Gasteiger partial charge in [-0.1, -0.05) is 0 Å². The van der Waals surface area contributed by atoms with Gasteiger partial charge in [-0.15, -0.1) is 0 Å². The van der Waals surface area contributed by atoms with E-state index in [0.717, 1.165) is 12.1 Å². The number of imidazole rings is 1. The van der Waals surface area contributed by atoms with Gasteiger partial charge >= 0.3 is 0 Å². The largest absolute Gasteiger partial charge is 0.330 e. The number of aromatic nitrogens is 2. The molecule has 0 aliphatic heterocycles. The summed E-state index contributed by atoms with van der Waals surface area (Å²) in [5.41, 5.74) is 5.79. The maximum Gasteiger partial charge on any atom is 0.266 e.